The van der Waals surface area contributed by atoms with Gasteiger partial charge in [0.2, 0.25) is 0 Å². The molecule has 0 bridgehead atoms. The van der Waals surface area contributed by atoms with E-state index in [0.717, 1.165) is 17.7 Å². The molecule has 1 unspecified atom stereocenters. The zero-order valence-corrected chi connectivity index (χ0v) is 13.7. The fourth-order valence-corrected chi connectivity index (χ4v) is 4.35. The SMILES string of the molecule is CCCC(NS(=O)(=O)c1ncccc1NC)c1cccs1. The second-order valence-electron chi connectivity index (χ2n) is 4.58. The molecule has 0 spiro atoms. The first kappa shape index (κ1) is 15.9. The molecule has 2 heterocycles. The van der Waals surface area contributed by atoms with Gasteiger partial charge in [-0.2, -0.15) is 0 Å². The highest BCUT2D eigenvalue weighted by atomic mass is 32.2. The Labute approximate surface area is 129 Å². The lowest BCUT2D eigenvalue weighted by Crippen LogP contribution is -2.29. The van der Waals surface area contributed by atoms with E-state index >= 15 is 0 Å². The summed E-state index contributed by atoms with van der Waals surface area (Å²) >= 11 is 1.55. The molecule has 0 saturated heterocycles. The normalized spacial score (nSPS) is 13.0. The highest BCUT2D eigenvalue weighted by Gasteiger charge is 2.24. The Morgan fingerprint density at radius 3 is 2.76 bits per heavy atom. The van der Waals surface area contributed by atoms with Gasteiger partial charge in [-0.25, -0.2) is 18.1 Å². The van der Waals surface area contributed by atoms with Crippen LogP contribution in [0.25, 0.3) is 0 Å². The molecule has 2 rings (SSSR count). The first-order valence-electron chi connectivity index (χ1n) is 6.77. The summed E-state index contributed by atoms with van der Waals surface area (Å²) in [7, 11) is -1.99. The first-order chi connectivity index (χ1) is 10.1. The van der Waals surface area contributed by atoms with E-state index in [2.05, 4.69) is 15.0 Å². The number of pyridine rings is 1. The van der Waals surface area contributed by atoms with E-state index in [9.17, 15) is 8.42 Å². The number of thiophene rings is 1. The molecule has 0 aliphatic carbocycles. The number of sulfonamides is 1. The maximum Gasteiger partial charge on any atom is 0.260 e. The fraction of sp³-hybridized carbons (Fsp3) is 0.357. The molecule has 0 saturated carbocycles. The molecule has 0 aliphatic heterocycles. The molecule has 0 fully saturated rings. The van der Waals surface area contributed by atoms with Gasteiger partial charge in [0.15, 0.2) is 5.03 Å². The minimum absolute atomic E-state index is 0.0326. The quantitative estimate of drug-likeness (QED) is 0.821. The van der Waals surface area contributed by atoms with Gasteiger partial charge in [0.1, 0.15) is 0 Å². The maximum atomic E-state index is 12.6. The second-order valence-corrected chi connectivity index (χ2v) is 7.19. The number of nitrogens with zero attached hydrogens (tertiary/aromatic N) is 1. The highest BCUT2D eigenvalue weighted by Crippen LogP contribution is 2.26. The van der Waals surface area contributed by atoms with Gasteiger partial charge in [-0.1, -0.05) is 19.4 Å². The molecule has 0 radical (unpaired) electrons. The number of anilines is 1. The van der Waals surface area contributed by atoms with Crippen LogP contribution in [0, 0.1) is 0 Å². The highest BCUT2D eigenvalue weighted by molar-refractivity contribution is 7.89. The largest absolute Gasteiger partial charge is 0.386 e. The average molecular weight is 325 g/mol. The summed E-state index contributed by atoms with van der Waals surface area (Å²) in [5.74, 6) is 0. The van der Waals surface area contributed by atoms with E-state index in [0.29, 0.717) is 5.69 Å². The van der Waals surface area contributed by atoms with Crippen molar-refractivity contribution in [2.45, 2.75) is 30.8 Å². The minimum Gasteiger partial charge on any atom is -0.386 e. The molecule has 0 amide bonds. The Morgan fingerprint density at radius 1 is 1.33 bits per heavy atom. The van der Waals surface area contributed by atoms with Crippen LogP contribution in [-0.4, -0.2) is 20.4 Å². The van der Waals surface area contributed by atoms with Crippen molar-refractivity contribution in [1.29, 1.82) is 0 Å². The molecule has 5 nitrogen and oxygen atoms in total. The van der Waals surface area contributed by atoms with Crippen molar-refractivity contribution in [3.05, 3.63) is 40.7 Å². The van der Waals surface area contributed by atoms with E-state index in [1.807, 2.05) is 24.4 Å². The van der Waals surface area contributed by atoms with Crippen molar-refractivity contribution < 1.29 is 8.42 Å². The smallest absolute Gasteiger partial charge is 0.260 e. The third-order valence-corrected chi connectivity index (χ3v) is 5.47. The molecule has 2 aromatic heterocycles. The van der Waals surface area contributed by atoms with Crippen LogP contribution in [0.5, 0.6) is 0 Å². The van der Waals surface area contributed by atoms with E-state index in [-0.39, 0.29) is 11.1 Å². The Hall–Kier alpha value is -1.44. The summed E-state index contributed by atoms with van der Waals surface area (Å²) in [6.07, 6.45) is 3.13. The molecular weight excluding hydrogens is 306 g/mol. The maximum absolute atomic E-state index is 12.6. The van der Waals surface area contributed by atoms with Crippen LogP contribution in [-0.2, 0) is 10.0 Å². The van der Waals surface area contributed by atoms with E-state index in [4.69, 9.17) is 0 Å². The van der Waals surface area contributed by atoms with Crippen molar-refractivity contribution in [2.24, 2.45) is 0 Å². The van der Waals surface area contributed by atoms with Gasteiger partial charge in [0.25, 0.3) is 10.0 Å². The summed E-state index contributed by atoms with van der Waals surface area (Å²) in [6.45, 7) is 2.04. The minimum atomic E-state index is -3.67. The summed E-state index contributed by atoms with van der Waals surface area (Å²) in [4.78, 5) is 5.02. The number of nitrogens with one attached hydrogen (secondary N) is 2. The Bertz CT molecular complexity index is 669. The number of hydrogen-bond acceptors (Lipinski definition) is 5. The lowest BCUT2D eigenvalue weighted by Gasteiger charge is -2.17. The summed E-state index contributed by atoms with van der Waals surface area (Å²) in [5, 5.41) is 4.85. The van der Waals surface area contributed by atoms with Gasteiger partial charge in [-0.15, -0.1) is 11.3 Å². The first-order valence-corrected chi connectivity index (χ1v) is 9.13. The lowest BCUT2D eigenvalue weighted by molar-refractivity contribution is 0.537. The standard InChI is InChI=1S/C14H19N3O2S2/c1-3-6-11(13-8-5-10-20-13)17-21(18,19)14-12(15-2)7-4-9-16-14/h4-5,7-11,15,17H,3,6H2,1-2H3. The van der Waals surface area contributed by atoms with E-state index < -0.39 is 10.0 Å². The summed E-state index contributed by atoms with van der Waals surface area (Å²) in [5.41, 5.74) is 0.492. The Balaban J connectivity index is 2.30. The Kier molecular flexibility index (Phi) is 5.33. The summed E-state index contributed by atoms with van der Waals surface area (Å²) in [6, 6.07) is 7.06. The van der Waals surface area contributed by atoms with Crippen LogP contribution in [0.4, 0.5) is 5.69 Å². The van der Waals surface area contributed by atoms with Crippen LogP contribution in [0.1, 0.15) is 30.7 Å². The molecule has 114 valence electrons. The molecule has 0 aliphatic rings. The van der Waals surface area contributed by atoms with Crippen molar-refractivity contribution in [2.75, 3.05) is 12.4 Å². The molecule has 21 heavy (non-hydrogen) atoms. The van der Waals surface area contributed by atoms with Crippen molar-refractivity contribution in [3.63, 3.8) is 0 Å². The predicted octanol–water partition coefficient (Wildman–Crippen LogP) is 3.00. The molecule has 0 aromatic carbocycles. The van der Waals surface area contributed by atoms with Crippen molar-refractivity contribution in [3.8, 4) is 0 Å². The fourth-order valence-electron chi connectivity index (χ4n) is 2.08. The van der Waals surface area contributed by atoms with Crippen LogP contribution >= 0.6 is 11.3 Å². The van der Waals surface area contributed by atoms with Crippen molar-refractivity contribution in [1.82, 2.24) is 9.71 Å². The van der Waals surface area contributed by atoms with Crippen molar-refractivity contribution >= 4 is 27.0 Å². The van der Waals surface area contributed by atoms with Crippen LogP contribution < -0.4 is 10.0 Å². The van der Waals surface area contributed by atoms with E-state index in [1.54, 1.807) is 30.5 Å². The second kappa shape index (κ2) is 7.02. The Morgan fingerprint density at radius 2 is 2.14 bits per heavy atom. The number of rotatable bonds is 7. The monoisotopic (exact) mass is 325 g/mol. The summed E-state index contributed by atoms with van der Waals surface area (Å²) < 4.78 is 27.9. The topological polar surface area (TPSA) is 71.1 Å². The van der Waals surface area contributed by atoms with Crippen LogP contribution in [0.2, 0.25) is 0 Å². The van der Waals surface area contributed by atoms with Crippen LogP contribution in [0.15, 0.2) is 40.9 Å². The molecule has 1 atom stereocenters. The average Bonchev–Trinajstić information content (AvgIpc) is 3.01. The van der Waals surface area contributed by atoms with Gasteiger partial charge < -0.3 is 5.32 Å². The molecule has 7 heteroatoms. The number of hydrogen-bond donors (Lipinski definition) is 2. The van der Waals surface area contributed by atoms with Gasteiger partial charge in [-0.3, -0.25) is 0 Å². The van der Waals surface area contributed by atoms with Crippen LogP contribution in [0.3, 0.4) is 0 Å². The van der Waals surface area contributed by atoms with Gasteiger partial charge in [0.05, 0.1) is 11.7 Å². The third-order valence-electron chi connectivity index (χ3n) is 3.06. The van der Waals surface area contributed by atoms with Gasteiger partial charge in [-0.05, 0) is 30.0 Å². The molecule has 2 aromatic rings. The van der Waals surface area contributed by atoms with Gasteiger partial charge in [0, 0.05) is 18.1 Å². The molecule has 2 N–H and O–H groups in total. The van der Waals surface area contributed by atoms with Gasteiger partial charge >= 0.3 is 0 Å². The zero-order chi connectivity index (χ0) is 15.3. The predicted molar refractivity (Wildman–Crippen MR) is 86.1 cm³/mol. The number of aromatic nitrogens is 1. The molecular formula is C14H19N3O2S2. The van der Waals surface area contributed by atoms with E-state index in [1.165, 1.54) is 6.20 Å². The lowest BCUT2D eigenvalue weighted by atomic mass is 10.1. The zero-order valence-electron chi connectivity index (χ0n) is 12.0. The third kappa shape index (κ3) is 3.81.